The number of carbonyl (C=O) groups is 2. The fourth-order valence-corrected chi connectivity index (χ4v) is 4.32. The molecule has 1 heterocycles. The third-order valence-electron chi connectivity index (χ3n) is 3.86. The van der Waals surface area contributed by atoms with E-state index in [1.54, 1.807) is 13.0 Å². The van der Waals surface area contributed by atoms with Crippen LogP contribution in [-0.4, -0.2) is 42.2 Å². The quantitative estimate of drug-likeness (QED) is 0.848. The van der Waals surface area contributed by atoms with Crippen LogP contribution in [0, 0.1) is 5.92 Å². The summed E-state index contributed by atoms with van der Waals surface area (Å²) in [5.74, 6) is -1.90. The molecule has 0 spiro atoms. The van der Waals surface area contributed by atoms with E-state index in [1.807, 2.05) is 0 Å². The van der Waals surface area contributed by atoms with Crippen molar-refractivity contribution in [1.82, 2.24) is 4.31 Å². The van der Waals surface area contributed by atoms with Crippen LogP contribution < -0.4 is 0 Å². The molecule has 6 nitrogen and oxygen atoms in total. The lowest BCUT2D eigenvalue weighted by molar-refractivity contribution is -0.142. The van der Waals surface area contributed by atoms with Gasteiger partial charge < -0.3 is 5.11 Å². The standard InChI is InChI=1S/C14H17NO5S/c1-9-13(14(17)18)6-7-15(9)21(19,20)12-5-3-4-11(8-12)10(2)16/h3-5,8-9,13H,6-7H2,1-2H3,(H,17,18). The maximum atomic E-state index is 12.6. The monoisotopic (exact) mass is 311 g/mol. The Morgan fingerprint density at radius 1 is 1.33 bits per heavy atom. The number of benzene rings is 1. The Hall–Kier alpha value is -1.73. The zero-order valence-electron chi connectivity index (χ0n) is 11.8. The minimum atomic E-state index is -3.79. The molecule has 7 heteroatoms. The molecule has 1 aromatic carbocycles. The van der Waals surface area contributed by atoms with Crippen LogP contribution in [0.1, 0.15) is 30.6 Å². The molecule has 0 bridgehead atoms. The Bertz CT molecular complexity index is 682. The summed E-state index contributed by atoms with van der Waals surface area (Å²) < 4.78 is 26.4. The first-order valence-electron chi connectivity index (χ1n) is 6.61. The summed E-state index contributed by atoms with van der Waals surface area (Å²) in [5.41, 5.74) is 0.317. The normalized spacial score (nSPS) is 23.1. The molecule has 21 heavy (non-hydrogen) atoms. The Kier molecular flexibility index (Phi) is 4.15. The smallest absolute Gasteiger partial charge is 0.308 e. The van der Waals surface area contributed by atoms with Crippen LogP contribution in [0.3, 0.4) is 0 Å². The highest BCUT2D eigenvalue weighted by atomic mass is 32.2. The Labute approximate surface area is 123 Å². The highest BCUT2D eigenvalue weighted by molar-refractivity contribution is 7.89. The molecule has 0 aliphatic carbocycles. The van der Waals surface area contributed by atoms with Crippen LogP contribution in [0.15, 0.2) is 29.2 Å². The van der Waals surface area contributed by atoms with Crippen molar-refractivity contribution in [3.63, 3.8) is 0 Å². The van der Waals surface area contributed by atoms with Gasteiger partial charge in [0, 0.05) is 18.2 Å². The first-order valence-corrected chi connectivity index (χ1v) is 8.05. The van der Waals surface area contributed by atoms with Crippen molar-refractivity contribution >= 4 is 21.8 Å². The van der Waals surface area contributed by atoms with Crippen molar-refractivity contribution in [1.29, 1.82) is 0 Å². The molecule has 2 rings (SSSR count). The fourth-order valence-electron chi connectivity index (χ4n) is 2.59. The van der Waals surface area contributed by atoms with Gasteiger partial charge in [-0.1, -0.05) is 12.1 Å². The predicted molar refractivity (Wildman–Crippen MR) is 75.5 cm³/mol. The Morgan fingerprint density at radius 3 is 2.52 bits per heavy atom. The molecule has 0 amide bonds. The fraction of sp³-hybridized carbons (Fsp3) is 0.429. The van der Waals surface area contributed by atoms with Crippen LogP contribution in [0.4, 0.5) is 0 Å². The van der Waals surface area contributed by atoms with E-state index in [0.717, 1.165) is 0 Å². The molecule has 114 valence electrons. The van der Waals surface area contributed by atoms with E-state index in [2.05, 4.69) is 0 Å². The van der Waals surface area contributed by atoms with E-state index < -0.39 is 28.0 Å². The maximum absolute atomic E-state index is 12.6. The molecule has 1 aliphatic heterocycles. The summed E-state index contributed by atoms with van der Waals surface area (Å²) in [7, 11) is -3.79. The van der Waals surface area contributed by atoms with E-state index >= 15 is 0 Å². The van der Waals surface area contributed by atoms with Crippen molar-refractivity contribution in [2.24, 2.45) is 5.92 Å². The van der Waals surface area contributed by atoms with Crippen molar-refractivity contribution in [2.75, 3.05) is 6.54 Å². The molecular weight excluding hydrogens is 294 g/mol. The van der Waals surface area contributed by atoms with E-state index in [4.69, 9.17) is 5.11 Å². The predicted octanol–water partition coefficient (Wildman–Crippen LogP) is 1.37. The highest BCUT2D eigenvalue weighted by Gasteiger charge is 2.42. The van der Waals surface area contributed by atoms with Crippen molar-refractivity contribution in [3.05, 3.63) is 29.8 Å². The van der Waals surface area contributed by atoms with Crippen LogP contribution in [0.2, 0.25) is 0 Å². The third kappa shape index (κ3) is 2.84. The summed E-state index contributed by atoms with van der Waals surface area (Å²) in [4.78, 5) is 22.5. The first-order chi connectivity index (χ1) is 9.75. The van der Waals surface area contributed by atoms with Crippen LogP contribution in [-0.2, 0) is 14.8 Å². The number of carboxylic acid groups (broad SMARTS) is 1. The average Bonchev–Trinajstić information content (AvgIpc) is 2.81. The average molecular weight is 311 g/mol. The topological polar surface area (TPSA) is 91.8 Å². The van der Waals surface area contributed by atoms with Gasteiger partial charge in [-0.15, -0.1) is 0 Å². The minimum Gasteiger partial charge on any atom is -0.481 e. The number of rotatable bonds is 4. The number of nitrogens with zero attached hydrogens (tertiary/aromatic N) is 1. The van der Waals surface area contributed by atoms with Crippen LogP contribution >= 0.6 is 0 Å². The molecule has 0 aromatic heterocycles. The SMILES string of the molecule is CC(=O)c1cccc(S(=O)(=O)N2CCC(C(=O)O)C2C)c1. The number of aliphatic carboxylic acids is 1. The van der Waals surface area contributed by atoms with Crippen molar-refractivity contribution in [3.8, 4) is 0 Å². The van der Waals surface area contributed by atoms with Gasteiger partial charge in [-0.05, 0) is 32.4 Å². The summed E-state index contributed by atoms with van der Waals surface area (Å²) >= 11 is 0. The Balaban J connectivity index is 2.37. The maximum Gasteiger partial charge on any atom is 0.308 e. The number of carbonyl (C=O) groups excluding carboxylic acids is 1. The molecule has 1 fully saturated rings. The minimum absolute atomic E-state index is 0.0214. The van der Waals surface area contributed by atoms with Crippen molar-refractivity contribution < 1.29 is 23.1 Å². The number of carboxylic acids is 1. The summed E-state index contributed by atoms with van der Waals surface area (Å²) in [5, 5.41) is 9.09. The zero-order valence-corrected chi connectivity index (χ0v) is 12.6. The van der Waals surface area contributed by atoms with E-state index in [-0.39, 0.29) is 17.2 Å². The molecule has 1 saturated heterocycles. The van der Waals surface area contributed by atoms with E-state index in [9.17, 15) is 18.0 Å². The second-order valence-electron chi connectivity index (χ2n) is 5.17. The second kappa shape index (κ2) is 5.57. The molecule has 1 aliphatic rings. The molecule has 1 aromatic rings. The van der Waals surface area contributed by atoms with E-state index in [1.165, 1.54) is 29.4 Å². The number of sulfonamides is 1. The van der Waals surface area contributed by atoms with Crippen LogP contribution in [0.5, 0.6) is 0 Å². The lowest BCUT2D eigenvalue weighted by Crippen LogP contribution is -2.37. The van der Waals surface area contributed by atoms with Gasteiger partial charge in [-0.2, -0.15) is 4.31 Å². The van der Waals surface area contributed by atoms with Gasteiger partial charge in [-0.3, -0.25) is 9.59 Å². The number of hydrogen-bond donors (Lipinski definition) is 1. The van der Waals surface area contributed by atoms with Crippen LogP contribution in [0.25, 0.3) is 0 Å². The van der Waals surface area contributed by atoms with Gasteiger partial charge in [-0.25, -0.2) is 8.42 Å². The molecule has 2 unspecified atom stereocenters. The molecule has 1 N–H and O–H groups in total. The van der Waals surface area contributed by atoms with Gasteiger partial charge >= 0.3 is 5.97 Å². The van der Waals surface area contributed by atoms with Gasteiger partial charge in [0.1, 0.15) is 0 Å². The second-order valence-corrected chi connectivity index (χ2v) is 7.06. The summed E-state index contributed by atoms with van der Waals surface area (Å²) in [6.07, 6.45) is 0.294. The van der Waals surface area contributed by atoms with Gasteiger partial charge in [0.15, 0.2) is 5.78 Å². The van der Waals surface area contributed by atoms with Gasteiger partial charge in [0.25, 0.3) is 0 Å². The molecule has 0 saturated carbocycles. The number of Topliss-reactive ketones (excluding diaryl/α,β-unsaturated/α-hetero) is 1. The summed E-state index contributed by atoms with van der Waals surface area (Å²) in [6, 6.07) is 5.21. The van der Waals surface area contributed by atoms with Gasteiger partial charge in [0.05, 0.1) is 10.8 Å². The summed E-state index contributed by atoms with van der Waals surface area (Å²) in [6.45, 7) is 3.13. The first kappa shape index (κ1) is 15.7. The highest BCUT2D eigenvalue weighted by Crippen LogP contribution is 2.30. The third-order valence-corrected chi connectivity index (χ3v) is 5.84. The molecule has 0 radical (unpaired) electrons. The largest absolute Gasteiger partial charge is 0.481 e. The lowest BCUT2D eigenvalue weighted by atomic mass is 10.0. The van der Waals surface area contributed by atoms with Crippen molar-refractivity contribution in [2.45, 2.75) is 31.2 Å². The Morgan fingerprint density at radius 2 is 2.00 bits per heavy atom. The number of ketones is 1. The molecular formula is C14H17NO5S. The van der Waals surface area contributed by atoms with E-state index in [0.29, 0.717) is 12.0 Å². The van der Waals surface area contributed by atoms with Gasteiger partial charge in [0.2, 0.25) is 10.0 Å². The number of hydrogen-bond acceptors (Lipinski definition) is 4. The zero-order chi connectivity index (χ0) is 15.8. The lowest BCUT2D eigenvalue weighted by Gasteiger charge is -2.22. The molecule has 2 atom stereocenters.